The molecule has 1 aromatic carbocycles. The number of tetrazole rings is 1. The van der Waals surface area contributed by atoms with E-state index in [1.54, 1.807) is 4.68 Å². The Morgan fingerprint density at radius 1 is 1.26 bits per heavy atom. The average Bonchev–Trinajstić information content (AvgIpc) is 2.97. The third kappa shape index (κ3) is 3.18. The molecule has 122 valence electrons. The Kier molecular flexibility index (Phi) is 4.27. The van der Waals surface area contributed by atoms with Crippen molar-refractivity contribution in [2.45, 2.75) is 32.7 Å². The fraction of sp³-hybridized carbons (Fsp3) is 0.500. The van der Waals surface area contributed by atoms with Gasteiger partial charge in [0.25, 0.3) is 5.91 Å². The van der Waals surface area contributed by atoms with Crippen LogP contribution in [0.3, 0.4) is 0 Å². The SMILES string of the molecule is Cc1cccc(C(=O)NC2CCN(c3nnnn3C)CC2)c1C. The summed E-state index contributed by atoms with van der Waals surface area (Å²) in [6.07, 6.45) is 1.78. The molecule has 0 radical (unpaired) electrons. The zero-order valence-corrected chi connectivity index (χ0v) is 13.8. The van der Waals surface area contributed by atoms with Crippen molar-refractivity contribution in [1.29, 1.82) is 0 Å². The second-order valence-electron chi connectivity index (χ2n) is 6.08. The van der Waals surface area contributed by atoms with Gasteiger partial charge >= 0.3 is 0 Å². The Morgan fingerprint density at radius 3 is 2.65 bits per heavy atom. The monoisotopic (exact) mass is 314 g/mol. The summed E-state index contributed by atoms with van der Waals surface area (Å²) < 4.78 is 1.68. The molecule has 7 heteroatoms. The van der Waals surface area contributed by atoms with E-state index in [0.29, 0.717) is 0 Å². The van der Waals surface area contributed by atoms with Gasteiger partial charge in [-0.15, -0.1) is 0 Å². The number of amides is 1. The van der Waals surface area contributed by atoms with Crippen LogP contribution in [0.2, 0.25) is 0 Å². The summed E-state index contributed by atoms with van der Waals surface area (Å²) in [6, 6.07) is 6.04. The highest BCUT2D eigenvalue weighted by atomic mass is 16.1. The zero-order chi connectivity index (χ0) is 16.4. The van der Waals surface area contributed by atoms with Gasteiger partial charge in [0.2, 0.25) is 5.95 Å². The van der Waals surface area contributed by atoms with Gasteiger partial charge in [-0.3, -0.25) is 4.79 Å². The van der Waals surface area contributed by atoms with Crippen molar-refractivity contribution >= 4 is 11.9 Å². The Labute approximate surface area is 135 Å². The van der Waals surface area contributed by atoms with Crippen molar-refractivity contribution in [3.8, 4) is 0 Å². The fourth-order valence-electron chi connectivity index (χ4n) is 2.98. The maximum Gasteiger partial charge on any atom is 0.251 e. The standard InChI is InChI=1S/C16H22N6O/c1-11-5-4-6-14(12(11)2)15(23)17-13-7-9-22(10-8-13)16-18-19-20-21(16)3/h4-6,13H,7-10H2,1-3H3,(H,17,23). The zero-order valence-electron chi connectivity index (χ0n) is 13.8. The smallest absolute Gasteiger partial charge is 0.251 e. The number of hydrogen-bond donors (Lipinski definition) is 1. The van der Waals surface area contributed by atoms with Gasteiger partial charge < -0.3 is 10.2 Å². The van der Waals surface area contributed by atoms with Crippen molar-refractivity contribution in [1.82, 2.24) is 25.5 Å². The maximum atomic E-state index is 12.5. The van der Waals surface area contributed by atoms with Crippen molar-refractivity contribution in [2.24, 2.45) is 7.05 Å². The normalized spacial score (nSPS) is 15.7. The van der Waals surface area contributed by atoms with E-state index in [1.165, 1.54) is 0 Å². The largest absolute Gasteiger partial charge is 0.349 e. The molecule has 1 aromatic heterocycles. The molecule has 3 rings (SSSR count). The summed E-state index contributed by atoms with van der Waals surface area (Å²) in [6.45, 7) is 5.70. The molecule has 1 amide bonds. The van der Waals surface area contributed by atoms with E-state index >= 15 is 0 Å². The Bertz CT molecular complexity index is 702. The van der Waals surface area contributed by atoms with E-state index in [-0.39, 0.29) is 11.9 Å². The highest BCUT2D eigenvalue weighted by molar-refractivity contribution is 5.96. The Morgan fingerprint density at radius 2 is 2.00 bits per heavy atom. The highest BCUT2D eigenvalue weighted by Crippen LogP contribution is 2.18. The van der Waals surface area contributed by atoms with Gasteiger partial charge in [-0.25, -0.2) is 4.68 Å². The third-order valence-electron chi connectivity index (χ3n) is 4.56. The number of benzene rings is 1. The van der Waals surface area contributed by atoms with Crippen LogP contribution in [0.1, 0.15) is 34.3 Å². The van der Waals surface area contributed by atoms with E-state index in [1.807, 2.05) is 39.1 Å². The summed E-state index contributed by atoms with van der Waals surface area (Å²) in [5, 5.41) is 14.7. The molecular formula is C16H22N6O. The molecule has 0 unspecified atom stereocenters. The molecule has 2 aromatic rings. The van der Waals surface area contributed by atoms with E-state index < -0.39 is 0 Å². The summed E-state index contributed by atoms with van der Waals surface area (Å²) >= 11 is 0. The molecule has 1 aliphatic heterocycles. The summed E-state index contributed by atoms with van der Waals surface area (Å²) in [5.74, 6) is 0.800. The summed E-state index contributed by atoms with van der Waals surface area (Å²) in [7, 11) is 1.84. The minimum atomic E-state index is 0.0185. The third-order valence-corrected chi connectivity index (χ3v) is 4.56. The van der Waals surface area contributed by atoms with E-state index in [2.05, 4.69) is 25.7 Å². The topological polar surface area (TPSA) is 75.9 Å². The van der Waals surface area contributed by atoms with Crippen LogP contribution in [0.4, 0.5) is 5.95 Å². The van der Waals surface area contributed by atoms with Gasteiger partial charge in [0.1, 0.15) is 0 Å². The minimum absolute atomic E-state index is 0.0185. The first kappa shape index (κ1) is 15.5. The molecule has 0 spiro atoms. The van der Waals surface area contributed by atoms with E-state index in [0.717, 1.165) is 48.6 Å². The van der Waals surface area contributed by atoms with Crippen LogP contribution < -0.4 is 10.2 Å². The first-order valence-corrected chi connectivity index (χ1v) is 7.90. The molecule has 7 nitrogen and oxygen atoms in total. The number of piperidine rings is 1. The lowest BCUT2D eigenvalue weighted by Gasteiger charge is -2.32. The molecule has 1 fully saturated rings. The van der Waals surface area contributed by atoms with Crippen molar-refractivity contribution in [3.05, 3.63) is 34.9 Å². The molecule has 0 atom stereocenters. The number of carbonyl (C=O) groups is 1. The van der Waals surface area contributed by atoms with Crippen molar-refractivity contribution in [2.75, 3.05) is 18.0 Å². The number of anilines is 1. The number of nitrogens with zero attached hydrogens (tertiary/aromatic N) is 5. The predicted octanol–water partition coefficient (Wildman–Crippen LogP) is 1.23. The molecule has 23 heavy (non-hydrogen) atoms. The van der Waals surface area contributed by atoms with E-state index in [9.17, 15) is 4.79 Å². The van der Waals surface area contributed by atoms with Crippen molar-refractivity contribution in [3.63, 3.8) is 0 Å². The highest BCUT2D eigenvalue weighted by Gasteiger charge is 2.24. The van der Waals surface area contributed by atoms with Crippen molar-refractivity contribution < 1.29 is 4.79 Å². The number of aromatic nitrogens is 4. The molecule has 1 aliphatic rings. The van der Waals surface area contributed by atoms with Crippen LogP contribution in [-0.2, 0) is 7.05 Å². The van der Waals surface area contributed by atoms with Crippen LogP contribution in [-0.4, -0.2) is 45.2 Å². The second-order valence-corrected chi connectivity index (χ2v) is 6.08. The minimum Gasteiger partial charge on any atom is -0.349 e. The molecular weight excluding hydrogens is 292 g/mol. The van der Waals surface area contributed by atoms with Crippen LogP contribution in [0, 0.1) is 13.8 Å². The number of hydrogen-bond acceptors (Lipinski definition) is 5. The average molecular weight is 314 g/mol. The van der Waals surface area contributed by atoms with Gasteiger partial charge in [0.15, 0.2) is 0 Å². The van der Waals surface area contributed by atoms with Gasteiger partial charge in [-0.1, -0.05) is 17.2 Å². The number of nitrogens with one attached hydrogen (secondary N) is 1. The van der Waals surface area contributed by atoms with Crippen LogP contribution in [0.5, 0.6) is 0 Å². The Hall–Kier alpha value is -2.44. The van der Waals surface area contributed by atoms with E-state index in [4.69, 9.17) is 0 Å². The lowest BCUT2D eigenvalue weighted by atomic mass is 10.0. The second kappa shape index (κ2) is 6.36. The van der Waals surface area contributed by atoms with Crippen LogP contribution in [0.25, 0.3) is 0 Å². The first-order chi connectivity index (χ1) is 11.1. The first-order valence-electron chi connectivity index (χ1n) is 7.90. The van der Waals surface area contributed by atoms with Gasteiger partial charge in [-0.2, -0.15) is 0 Å². The summed E-state index contributed by atoms with van der Waals surface area (Å²) in [4.78, 5) is 14.6. The van der Waals surface area contributed by atoms with Gasteiger partial charge in [-0.05, 0) is 54.3 Å². The number of aryl methyl sites for hydroxylation is 2. The molecule has 0 aliphatic carbocycles. The Balaban J connectivity index is 1.59. The quantitative estimate of drug-likeness (QED) is 0.922. The molecule has 1 N–H and O–H groups in total. The number of carbonyl (C=O) groups excluding carboxylic acids is 1. The van der Waals surface area contributed by atoms with Crippen LogP contribution in [0.15, 0.2) is 18.2 Å². The predicted molar refractivity (Wildman–Crippen MR) is 87.4 cm³/mol. The molecule has 1 saturated heterocycles. The van der Waals surface area contributed by atoms with Gasteiger partial charge in [0, 0.05) is 31.7 Å². The van der Waals surface area contributed by atoms with Gasteiger partial charge in [0.05, 0.1) is 0 Å². The fourth-order valence-corrected chi connectivity index (χ4v) is 2.98. The molecule has 0 saturated carbocycles. The maximum absolute atomic E-state index is 12.5. The molecule has 2 heterocycles. The lowest BCUT2D eigenvalue weighted by Crippen LogP contribution is -2.45. The summed E-state index contributed by atoms with van der Waals surface area (Å²) in [5.41, 5.74) is 2.96. The molecule has 0 bridgehead atoms. The lowest BCUT2D eigenvalue weighted by molar-refractivity contribution is 0.0930. The number of rotatable bonds is 3. The van der Waals surface area contributed by atoms with Crippen LogP contribution >= 0.6 is 0 Å².